The number of aromatic nitrogens is 1. The molecule has 7 heteroatoms. The van der Waals surface area contributed by atoms with Crippen LogP contribution < -0.4 is 15.8 Å². The lowest BCUT2D eigenvalue weighted by molar-refractivity contribution is 0.146. The molecule has 1 heterocycles. The summed E-state index contributed by atoms with van der Waals surface area (Å²) in [7, 11) is 1.66. The minimum absolute atomic E-state index is 0. The summed E-state index contributed by atoms with van der Waals surface area (Å²) >= 11 is 1.51. The number of nitrogen functional groups attached to an aromatic ring is 1. The fraction of sp³-hybridized carbons (Fsp3) is 0.357. The van der Waals surface area contributed by atoms with Crippen molar-refractivity contribution >= 4 is 28.9 Å². The maximum atomic E-state index is 5.58. The standard InChI is InChI=1S/C14H19N3O2S.ClH/c1-18-6-7-19-12-4-2-11(3-5-12)8-16-9-13-10-17-14(15)20-13;/h2-5,10,16H,6-9H2,1H3,(H2,15,17);1H. The lowest BCUT2D eigenvalue weighted by Crippen LogP contribution is -2.11. The van der Waals surface area contributed by atoms with Crippen LogP contribution >= 0.6 is 23.7 Å². The van der Waals surface area contributed by atoms with Crippen LogP contribution in [0.5, 0.6) is 5.75 Å². The van der Waals surface area contributed by atoms with Crippen molar-refractivity contribution in [2.45, 2.75) is 13.1 Å². The normalized spacial score (nSPS) is 10.1. The van der Waals surface area contributed by atoms with Gasteiger partial charge in [0.25, 0.3) is 0 Å². The van der Waals surface area contributed by atoms with E-state index in [0.717, 1.165) is 23.7 Å². The van der Waals surface area contributed by atoms with Gasteiger partial charge in [-0.05, 0) is 17.7 Å². The van der Waals surface area contributed by atoms with Gasteiger partial charge < -0.3 is 20.5 Å². The lowest BCUT2D eigenvalue weighted by Gasteiger charge is -2.07. The number of nitrogens with zero attached hydrogens (tertiary/aromatic N) is 1. The topological polar surface area (TPSA) is 69.4 Å². The number of benzene rings is 1. The molecule has 1 aromatic carbocycles. The lowest BCUT2D eigenvalue weighted by atomic mass is 10.2. The third-order valence-corrected chi connectivity index (χ3v) is 3.51. The number of rotatable bonds is 8. The van der Waals surface area contributed by atoms with E-state index in [1.54, 1.807) is 13.3 Å². The Morgan fingerprint density at radius 3 is 2.57 bits per heavy atom. The second-order valence-electron chi connectivity index (χ2n) is 4.25. The minimum Gasteiger partial charge on any atom is -0.491 e. The molecule has 0 fully saturated rings. The summed E-state index contributed by atoms with van der Waals surface area (Å²) in [5.41, 5.74) is 6.79. The molecular formula is C14H20ClN3O2S. The molecule has 0 spiro atoms. The van der Waals surface area contributed by atoms with Crippen molar-refractivity contribution in [1.29, 1.82) is 0 Å². The van der Waals surface area contributed by atoms with E-state index < -0.39 is 0 Å². The van der Waals surface area contributed by atoms with E-state index in [0.29, 0.717) is 18.3 Å². The number of nitrogens with one attached hydrogen (secondary N) is 1. The minimum atomic E-state index is 0. The van der Waals surface area contributed by atoms with Crippen LogP contribution in [0.2, 0.25) is 0 Å². The summed E-state index contributed by atoms with van der Waals surface area (Å²) in [6.07, 6.45) is 1.81. The fourth-order valence-corrected chi connectivity index (χ4v) is 2.33. The Hall–Kier alpha value is -1.34. The summed E-state index contributed by atoms with van der Waals surface area (Å²) in [6, 6.07) is 8.04. The molecule has 0 saturated heterocycles. The predicted molar refractivity (Wildman–Crippen MR) is 88.1 cm³/mol. The number of anilines is 1. The van der Waals surface area contributed by atoms with Crippen molar-refractivity contribution in [3.05, 3.63) is 40.9 Å². The quantitative estimate of drug-likeness (QED) is 0.728. The average molecular weight is 330 g/mol. The van der Waals surface area contributed by atoms with E-state index in [-0.39, 0.29) is 12.4 Å². The van der Waals surface area contributed by atoms with E-state index >= 15 is 0 Å². The molecule has 1 aromatic heterocycles. The maximum Gasteiger partial charge on any atom is 0.180 e. The summed E-state index contributed by atoms with van der Waals surface area (Å²) in [5, 5.41) is 3.97. The summed E-state index contributed by atoms with van der Waals surface area (Å²) < 4.78 is 10.4. The van der Waals surface area contributed by atoms with Crippen LogP contribution in [0.4, 0.5) is 5.13 Å². The highest BCUT2D eigenvalue weighted by molar-refractivity contribution is 7.15. The fourth-order valence-electron chi connectivity index (χ4n) is 1.68. The van der Waals surface area contributed by atoms with Gasteiger partial charge in [0.1, 0.15) is 12.4 Å². The smallest absolute Gasteiger partial charge is 0.180 e. The van der Waals surface area contributed by atoms with E-state index in [2.05, 4.69) is 22.4 Å². The Balaban J connectivity index is 0.00000220. The van der Waals surface area contributed by atoms with Crippen LogP contribution in [0.15, 0.2) is 30.5 Å². The first-order valence-corrected chi connectivity index (χ1v) is 7.21. The first-order chi connectivity index (χ1) is 9.78. The molecule has 0 aliphatic heterocycles. The van der Waals surface area contributed by atoms with Gasteiger partial charge in [0.2, 0.25) is 0 Å². The van der Waals surface area contributed by atoms with Crippen LogP contribution in [-0.4, -0.2) is 25.3 Å². The zero-order valence-corrected chi connectivity index (χ0v) is 13.5. The van der Waals surface area contributed by atoms with Crippen LogP contribution in [0.1, 0.15) is 10.4 Å². The third-order valence-electron chi connectivity index (χ3n) is 2.68. The number of nitrogens with two attached hydrogens (primary N) is 1. The van der Waals surface area contributed by atoms with Crippen molar-refractivity contribution < 1.29 is 9.47 Å². The first kappa shape index (κ1) is 17.7. The molecule has 0 bridgehead atoms. The maximum absolute atomic E-state index is 5.58. The van der Waals surface area contributed by atoms with Crippen LogP contribution in [0.25, 0.3) is 0 Å². The predicted octanol–water partition coefficient (Wildman–Crippen LogP) is 2.46. The van der Waals surface area contributed by atoms with Gasteiger partial charge in [0.05, 0.1) is 6.61 Å². The molecule has 5 nitrogen and oxygen atoms in total. The molecule has 2 rings (SSSR count). The first-order valence-electron chi connectivity index (χ1n) is 6.39. The third kappa shape index (κ3) is 6.31. The van der Waals surface area contributed by atoms with Gasteiger partial charge in [-0.2, -0.15) is 0 Å². The van der Waals surface area contributed by atoms with Gasteiger partial charge in [0.15, 0.2) is 5.13 Å². The summed E-state index contributed by atoms with van der Waals surface area (Å²) in [5.74, 6) is 0.862. The summed E-state index contributed by atoms with van der Waals surface area (Å²) in [4.78, 5) is 5.16. The number of hydrogen-bond donors (Lipinski definition) is 2. The van der Waals surface area contributed by atoms with Gasteiger partial charge >= 0.3 is 0 Å². The van der Waals surface area contributed by atoms with E-state index in [1.807, 2.05) is 12.1 Å². The highest BCUT2D eigenvalue weighted by atomic mass is 35.5. The Labute approximate surface area is 134 Å². The van der Waals surface area contributed by atoms with Gasteiger partial charge in [-0.1, -0.05) is 12.1 Å². The zero-order chi connectivity index (χ0) is 14.2. The Bertz CT molecular complexity index is 519. The summed E-state index contributed by atoms with van der Waals surface area (Å²) in [6.45, 7) is 2.75. The Morgan fingerprint density at radius 1 is 1.19 bits per heavy atom. The van der Waals surface area contributed by atoms with Crippen LogP contribution in [0, 0.1) is 0 Å². The van der Waals surface area contributed by atoms with Crippen molar-refractivity contribution in [3.8, 4) is 5.75 Å². The van der Waals surface area contributed by atoms with Gasteiger partial charge in [-0.25, -0.2) is 4.98 Å². The Morgan fingerprint density at radius 2 is 1.95 bits per heavy atom. The molecule has 2 aromatic rings. The second kappa shape index (κ2) is 9.57. The molecule has 0 atom stereocenters. The van der Waals surface area contributed by atoms with E-state index in [1.165, 1.54) is 16.9 Å². The van der Waals surface area contributed by atoms with E-state index in [9.17, 15) is 0 Å². The van der Waals surface area contributed by atoms with Crippen LogP contribution in [0.3, 0.4) is 0 Å². The SMILES string of the molecule is COCCOc1ccc(CNCc2cnc(N)s2)cc1.Cl. The Kier molecular flexibility index (Phi) is 8.07. The number of halogens is 1. The number of thiazole rings is 1. The monoisotopic (exact) mass is 329 g/mol. The van der Waals surface area contributed by atoms with E-state index in [4.69, 9.17) is 15.2 Å². The second-order valence-corrected chi connectivity index (χ2v) is 5.40. The van der Waals surface area contributed by atoms with Crippen molar-refractivity contribution in [1.82, 2.24) is 10.3 Å². The van der Waals surface area contributed by atoms with Gasteiger partial charge in [-0.3, -0.25) is 0 Å². The highest BCUT2D eigenvalue weighted by Crippen LogP contribution is 2.15. The average Bonchev–Trinajstić information content (AvgIpc) is 2.87. The molecular weight excluding hydrogens is 310 g/mol. The van der Waals surface area contributed by atoms with Gasteiger partial charge in [-0.15, -0.1) is 23.7 Å². The largest absolute Gasteiger partial charge is 0.491 e. The molecule has 0 aliphatic carbocycles. The number of methoxy groups -OCH3 is 1. The van der Waals surface area contributed by atoms with Crippen LogP contribution in [-0.2, 0) is 17.8 Å². The molecule has 0 aliphatic rings. The number of ether oxygens (including phenoxy) is 2. The molecule has 3 N–H and O–H groups in total. The molecule has 0 unspecified atom stereocenters. The van der Waals surface area contributed by atoms with Gasteiger partial charge in [0, 0.05) is 31.3 Å². The highest BCUT2D eigenvalue weighted by Gasteiger charge is 1.99. The molecule has 0 radical (unpaired) electrons. The molecule has 21 heavy (non-hydrogen) atoms. The zero-order valence-electron chi connectivity index (χ0n) is 11.9. The van der Waals surface area contributed by atoms with Crippen molar-refractivity contribution in [2.75, 3.05) is 26.1 Å². The molecule has 0 amide bonds. The molecule has 0 saturated carbocycles. The van der Waals surface area contributed by atoms with Crippen molar-refractivity contribution in [3.63, 3.8) is 0 Å². The van der Waals surface area contributed by atoms with Crippen molar-refractivity contribution in [2.24, 2.45) is 0 Å². The number of hydrogen-bond acceptors (Lipinski definition) is 6. The molecule has 116 valence electrons.